The molecule has 196 valence electrons. The lowest BCUT2D eigenvalue weighted by molar-refractivity contribution is -0.145. The predicted molar refractivity (Wildman–Crippen MR) is 138 cm³/mol. The summed E-state index contributed by atoms with van der Waals surface area (Å²) in [6.07, 6.45) is 8.83. The standard InChI is InChI=1S/C23H40N7O4P/c1-6-8-9-10-11-33-22(32)18(4)28-35(29-23(5,7-2)13-31)16-34-17(3)12-30-15-27-19-20(24)25-14-26-21(19)30/h13-15,17-18,28-29H,6-12,16H2,1-5H3,(H2,24,25,26)/t17?,18?,23-,35?/m0/s1. The van der Waals surface area contributed by atoms with Gasteiger partial charge in [0.05, 0.1) is 45.7 Å². The highest BCUT2D eigenvalue weighted by Gasteiger charge is 2.28. The van der Waals surface area contributed by atoms with E-state index in [1.54, 1.807) is 13.3 Å². The molecule has 2 rings (SSSR count). The molecule has 2 aromatic rings. The van der Waals surface area contributed by atoms with E-state index in [0.29, 0.717) is 36.6 Å². The number of aldehydes is 1. The van der Waals surface area contributed by atoms with Gasteiger partial charge in [-0.25, -0.2) is 15.0 Å². The highest BCUT2D eigenvalue weighted by molar-refractivity contribution is 7.53. The second-order valence-electron chi connectivity index (χ2n) is 8.94. The van der Waals surface area contributed by atoms with Gasteiger partial charge < -0.3 is 24.6 Å². The number of nitrogens with zero attached hydrogens (tertiary/aromatic N) is 4. The summed E-state index contributed by atoms with van der Waals surface area (Å²) in [7, 11) is -1.22. The maximum atomic E-state index is 12.5. The third-order valence-electron chi connectivity index (χ3n) is 5.70. The zero-order chi connectivity index (χ0) is 25.8. The smallest absolute Gasteiger partial charge is 0.323 e. The van der Waals surface area contributed by atoms with Crippen molar-refractivity contribution in [1.82, 2.24) is 29.7 Å². The minimum Gasteiger partial charge on any atom is -0.465 e. The molecule has 0 amide bonds. The van der Waals surface area contributed by atoms with Crippen LogP contribution in [0.2, 0.25) is 0 Å². The van der Waals surface area contributed by atoms with Crippen LogP contribution in [-0.4, -0.2) is 62.4 Å². The van der Waals surface area contributed by atoms with Gasteiger partial charge in [0.1, 0.15) is 24.2 Å². The Hall–Kier alpha value is -2.20. The van der Waals surface area contributed by atoms with E-state index in [-0.39, 0.29) is 18.4 Å². The van der Waals surface area contributed by atoms with Crippen molar-refractivity contribution in [1.29, 1.82) is 0 Å². The molecule has 4 N–H and O–H groups in total. The third-order valence-corrected chi connectivity index (χ3v) is 7.59. The quantitative estimate of drug-likeness (QED) is 0.126. The van der Waals surface area contributed by atoms with Crippen molar-refractivity contribution in [2.75, 3.05) is 18.7 Å². The lowest BCUT2D eigenvalue weighted by Gasteiger charge is -2.32. The largest absolute Gasteiger partial charge is 0.465 e. The maximum absolute atomic E-state index is 12.5. The Labute approximate surface area is 208 Å². The van der Waals surface area contributed by atoms with Crippen LogP contribution in [0.15, 0.2) is 12.7 Å². The fourth-order valence-electron chi connectivity index (χ4n) is 3.28. The van der Waals surface area contributed by atoms with Gasteiger partial charge in [-0.3, -0.25) is 15.0 Å². The van der Waals surface area contributed by atoms with Crippen molar-refractivity contribution in [2.45, 2.75) is 91.0 Å². The highest BCUT2D eigenvalue weighted by Crippen LogP contribution is 2.31. The first-order chi connectivity index (χ1) is 16.7. The van der Waals surface area contributed by atoms with E-state index in [4.69, 9.17) is 15.2 Å². The first-order valence-corrected chi connectivity index (χ1v) is 13.7. The number of rotatable bonds is 17. The number of hydrogen-bond donors (Lipinski definition) is 3. The number of nitrogens with one attached hydrogen (secondary N) is 2. The molecule has 0 aromatic carbocycles. The lowest BCUT2D eigenvalue weighted by Crippen LogP contribution is -2.45. The number of aromatic nitrogens is 4. The van der Waals surface area contributed by atoms with Crippen molar-refractivity contribution in [3.8, 4) is 0 Å². The van der Waals surface area contributed by atoms with Crippen LogP contribution in [0, 0.1) is 0 Å². The van der Waals surface area contributed by atoms with Gasteiger partial charge in [-0.1, -0.05) is 33.1 Å². The minimum absolute atomic E-state index is 0.192. The number of nitrogens with two attached hydrogens (primary N) is 1. The fourth-order valence-corrected chi connectivity index (χ4v) is 5.28. The summed E-state index contributed by atoms with van der Waals surface area (Å²) in [5, 5.41) is 6.63. The van der Waals surface area contributed by atoms with Gasteiger partial charge in [0.15, 0.2) is 11.5 Å². The topological polar surface area (TPSA) is 146 Å². The summed E-state index contributed by atoms with van der Waals surface area (Å²) >= 11 is 0. The van der Waals surface area contributed by atoms with Gasteiger partial charge in [-0.15, -0.1) is 0 Å². The van der Waals surface area contributed by atoms with E-state index in [1.807, 2.05) is 25.3 Å². The van der Waals surface area contributed by atoms with E-state index >= 15 is 0 Å². The van der Waals surface area contributed by atoms with Crippen LogP contribution in [-0.2, 0) is 25.6 Å². The van der Waals surface area contributed by atoms with Gasteiger partial charge in [0.25, 0.3) is 0 Å². The average Bonchev–Trinajstić information content (AvgIpc) is 3.26. The van der Waals surface area contributed by atoms with Crippen LogP contribution >= 0.6 is 8.22 Å². The Kier molecular flexibility index (Phi) is 11.9. The number of ether oxygens (including phenoxy) is 2. The molecule has 0 radical (unpaired) electrons. The van der Waals surface area contributed by atoms with Crippen LogP contribution in [0.25, 0.3) is 11.2 Å². The summed E-state index contributed by atoms with van der Waals surface area (Å²) in [5.74, 6) is 0.0218. The highest BCUT2D eigenvalue weighted by atomic mass is 31.1. The summed E-state index contributed by atoms with van der Waals surface area (Å²) in [6, 6.07) is -0.538. The molecular formula is C23H40N7O4P. The SMILES string of the molecule is CCCCCCOC(=O)C(C)NP(COC(C)Cn1cnc2c(N)ncnc21)N[C@](C)(C=O)CC. The molecule has 4 atom stereocenters. The Morgan fingerprint density at radius 3 is 2.71 bits per heavy atom. The summed E-state index contributed by atoms with van der Waals surface area (Å²) < 4.78 is 13.4. The number of carbonyl (C=O) groups is 2. The average molecular weight is 510 g/mol. The van der Waals surface area contributed by atoms with Gasteiger partial charge >= 0.3 is 5.97 Å². The summed E-state index contributed by atoms with van der Waals surface area (Å²) in [5.41, 5.74) is 6.33. The molecule has 3 unspecified atom stereocenters. The van der Waals surface area contributed by atoms with E-state index in [1.165, 1.54) is 6.33 Å². The molecule has 35 heavy (non-hydrogen) atoms. The summed E-state index contributed by atoms with van der Waals surface area (Å²) in [6.45, 7) is 10.5. The maximum Gasteiger partial charge on any atom is 0.323 e. The molecule has 0 aliphatic carbocycles. The number of imidazole rings is 1. The van der Waals surface area contributed by atoms with Crippen LogP contribution in [0.5, 0.6) is 0 Å². The molecule has 11 nitrogen and oxygen atoms in total. The van der Waals surface area contributed by atoms with Gasteiger partial charge in [-0.05, 0) is 33.6 Å². The molecule has 2 aromatic heterocycles. The van der Waals surface area contributed by atoms with Crippen LogP contribution in [0.3, 0.4) is 0 Å². The second kappa shape index (κ2) is 14.4. The first-order valence-electron chi connectivity index (χ1n) is 12.2. The van der Waals surface area contributed by atoms with E-state index < -0.39 is 19.8 Å². The van der Waals surface area contributed by atoms with Crippen molar-refractivity contribution in [3.63, 3.8) is 0 Å². The Bertz CT molecular complexity index is 944. The molecule has 0 spiro atoms. The number of anilines is 1. The Morgan fingerprint density at radius 2 is 2.03 bits per heavy atom. The fraction of sp³-hybridized carbons (Fsp3) is 0.696. The van der Waals surface area contributed by atoms with E-state index in [0.717, 1.165) is 32.0 Å². The zero-order valence-electron chi connectivity index (χ0n) is 21.5. The Morgan fingerprint density at radius 1 is 1.26 bits per heavy atom. The van der Waals surface area contributed by atoms with Gasteiger partial charge in [0, 0.05) is 0 Å². The first kappa shape index (κ1) is 29.0. The molecule has 12 heteroatoms. The summed E-state index contributed by atoms with van der Waals surface area (Å²) in [4.78, 5) is 36.7. The number of nitrogen functional groups attached to an aromatic ring is 1. The number of fused-ring (bicyclic) bond motifs is 1. The molecule has 0 aliphatic rings. The molecular weight excluding hydrogens is 469 g/mol. The molecule has 0 bridgehead atoms. The van der Waals surface area contributed by atoms with E-state index in [9.17, 15) is 9.59 Å². The van der Waals surface area contributed by atoms with Crippen LogP contribution < -0.4 is 15.9 Å². The van der Waals surface area contributed by atoms with Crippen molar-refractivity contribution < 1.29 is 19.1 Å². The van der Waals surface area contributed by atoms with Crippen LogP contribution in [0.4, 0.5) is 5.82 Å². The van der Waals surface area contributed by atoms with E-state index in [2.05, 4.69) is 32.1 Å². The normalized spacial score (nSPS) is 15.9. The minimum atomic E-state index is -1.22. The van der Waals surface area contributed by atoms with Crippen molar-refractivity contribution >= 4 is 37.5 Å². The molecule has 0 saturated heterocycles. The molecule has 2 heterocycles. The van der Waals surface area contributed by atoms with Crippen LogP contribution in [0.1, 0.15) is 66.7 Å². The second-order valence-corrected chi connectivity index (χ2v) is 10.5. The monoisotopic (exact) mass is 509 g/mol. The number of esters is 1. The van der Waals surface area contributed by atoms with Crippen molar-refractivity contribution in [2.24, 2.45) is 0 Å². The van der Waals surface area contributed by atoms with Gasteiger partial charge in [-0.2, -0.15) is 0 Å². The molecule has 0 aliphatic heterocycles. The lowest BCUT2D eigenvalue weighted by atomic mass is 10.0. The number of hydrogen-bond acceptors (Lipinski definition) is 10. The third kappa shape index (κ3) is 9.07. The number of carbonyl (C=O) groups excluding carboxylic acids is 2. The molecule has 0 saturated carbocycles. The molecule has 0 fully saturated rings. The van der Waals surface area contributed by atoms with Gasteiger partial charge in [0.2, 0.25) is 0 Å². The van der Waals surface area contributed by atoms with Crippen molar-refractivity contribution in [3.05, 3.63) is 12.7 Å². The predicted octanol–water partition coefficient (Wildman–Crippen LogP) is 3.14. The number of unbranched alkanes of at least 4 members (excludes halogenated alkanes) is 3. The Balaban J connectivity index is 1.96. The zero-order valence-corrected chi connectivity index (χ0v) is 22.4.